The largest absolute Gasteiger partial charge is 0.310 e. The van der Waals surface area contributed by atoms with E-state index in [2.05, 4.69) is 36.1 Å². The Hall–Kier alpha value is -1.26. The third-order valence-electron chi connectivity index (χ3n) is 2.45. The summed E-state index contributed by atoms with van der Waals surface area (Å²) in [6, 6.07) is 6.41. The van der Waals surface area contributed by atoms with Crippen molar-refractivity contribution in [3.8, 4) is 10.7 Å². The van der Waals surface area contributed by atoms with Gasteiger partial charge in [0, 0.05) is 23.7 Å². The third kappa shape index (κ3) is 3.11. The Morgan fingerprint density at radius 3 is 2.82 bits per heavy atom. The van der Waals surface area contributed by atoms with Crippen molar-refractivity contribution in [2.24, 2.45) is 0 Å². The van der Waals surface area contributed by atoms with Gasteiger partial charge in [-0.25, -0.2) is 4.98 Å². The summed E-state index contributed by atoms with van der Waals surface area (Å²) in [6.07, 6.45) is 1.80. The van der Waals surface area contributed by atoms with Gasteiger partial charge in [-0.1, -0.05) is 19.9 Å². The molecular weight excluding hydrogens is 230 g/mol. The first kappa shape index (κ1) is 12.2. The number of aromatic nitrogens is 2. The highest BCUT2D eigenvalue weighted by Crippen LogP contribution is 2.26. The molecular formula is C13H17N3S. The van der Waals surface area contributed by atoms with Crippen LogP contribution in [0.4, 0.5) is 0 Å². The van der Waals surface area contributed by atoms with Crippen LogP contribution in [0.25, 0.3) is 10.7 Å². The van der Waals surface area contributed by atoms with Crippen molar-refractivity contribution < 1.29 is 0 Å². The van der Waals surface area contributed by atoms with E-state index >= 15 is 0 Å². The Labute approximate surface area is 106 Å². The molecule has 2 aromatic rings. The summed E-state index contributed by atoms with van der Waals surface area (Å²) in [5.41, 5.74) is 2.06. The number of nitrogens with one attached hydrogen (secondary N) is 1. The van der Waals surface area contributed by atoms with Gasteiger partial charge < -0.3 is 5.32 Å². The molecule has 0 aliphatic rings. The summed E-state index contributed by atoms with van der Waals surface area (Å²) in [6.45, 7) is 7.24. The lowest BCUT2D eigenvalue weighted by molar-refractivity contribution is 0.591. The van der Waals surface area contributed by atoms with E-state index in [9.17, 15) is 0 Å². The second-order valence-electron chi connectivity index (χ2n) is 4.28. The van der Waals surface area contributed by atoms with Crippen LogP contribution in [0.15, 0.2) is 24.4 Å². The van der Waals surface area contributed by atoms with Gasteiger partial charge in [0.05, 0.1) is 11.4 Å². The molecule has 0 aliphatic carbocycles. The highest BCUT2D eigenvalue weighted by Gasteiger charge is 2.09. The monoisotopic (exact) mass is 247 g/mol. The fourth-order valence-corrected chi connectivity index (χ4v) is 2.48. The van der Waals surface area contributed by atoms with E-state index in [0.717, 1.165) is 22.9 Å². The number of nitrogens with zero attached hydrogens (tertiary/aromatic N) is 2. The van der Waals surface area contributed by atoms with Gasteiger partial charge in [0.2, 0.25) is 0 Å². The predicted molar refractivity (Wildman–Crippen MR) is 72.1 cm³/mol. The Kier molecular flexibility index (Phi) is 3.86. The quantitative estimate of drug-likeness (QED) is 0.902. The van der Waals surface area contributed by atoms with E-state index in [1.165, 1.54) is 4.88 Å². The molecule has 0 aromatic carbocycles. The maximum Gasteiger partial charge on any atom is 0.142 e. The number of aryl methyl sites for hydroxylation is 1. The lowest BCUT2D eigenvalue weighted by Gasteiger charge is -2.05. The molecule has 0 radical (unpaired) electrons. The van der Waals surface area contributed by atoms with Gasteiger partial charge in [-0.15, -0.1) is 11.3 Å². The van der Waals surface area contributed by atoms with Gasteiger partial charge in [-0.2, -0.15) is 0 Å². The normalized spacial score (nSPS) is 11.1. The Morgan fingerprint density at radius 1 is 1.35 bits per heavy atom. The van der Waals surface area contributed by atoms with Gasteiger partial charge in [0.1, 0.15) is 5.01 Å². The molecule has 0 saturated carbocycles. The van der Waals surface area contributed by atoms with Crippen molar-refractivity contribution in [3.05, 3.63) is 35.0 Å². The third-order valence-corrected chi connectivity index (χ3v) is 3.63. The van der Waals surface area contributed by atoms with Crippen LogP contribution in [0, 0.1) is 6.92 Å². The van der Waals surface area contributed by atoms with Crippen LogP contribution in [-0.4, -0.2) is 16.0 Å². The lowest BCUT2D eigenvalue weighted by atomic mass is 10.3. The topological polar surface area (TPSA) is 37.8 Å². The predicted octanol–water partition coefficient (Wildman–Crippen LogP) is 3.01. The van der Waals surface area contributed by atoms with Crippen molar-refractivity contribution >= 4 is 11.3 Å². The van der Waals surface area contributed by atoms with Crippen molar-refractivity contribution in [3.63, 3.8) is 0 Å². The van der Waals surface area contributed by atoms with E-state index in [4.69, 9.17) is 0 Å². The van der Waals surface area contributed by atoms with E-state index in [0.29, 0.717) is 6.04 Å². The molecule has 0 spiro atoms. The molecule has 0 fully saturated rings. The number of thiazole rings is 1. The summed E-state index contributed by atoms with van der Waals surface area (Å²) < 4.78 is 0. The molecule has 90 valence electrons. The molecule has 4 heteroatoms. The van der Waals surface area contributed by atoms with Crippen molar-refractivity contribution in [1.82, 2.24) is 15.3 Å². The van der Waals surface area contributed by atoms with Crippen LogP contribution in [0.3, 0.4) is 0 Å². The molecule has 0 unspecified atom stereocenters. The highest BCUT2D eigenvalue weighted by atomic mass is 32.1. The maximum atomic E-state index is 4.57. The van der Waals surface area contributed by atoms with Crippen molar-refractivity contribution in [2.45, 2.75) is 33.4 Å². The number of rotatable bonds is 4. The first-order chi connectivity index (χ1) is 8.16. The van der Waals surface area contributed by atoms with Crippen LogP contribution in [0.5, 0.6) is 0 Å². The maximum absolute atomic E-state index is 4.57. The zero-order valence-electron chi connectivity index (χ0n) is 10.4. The summed E-state index contributed by atoms with van der Waals surface area (Å²) >= 11 is 1.72. The zero-order valence-corrected chi connectivity index (χ0v) is 11.2. The minimum atomic E-state index is 0.495. The van der Waals surface area contributed by atoms with Gasteiger partial charge in [0.15, 0.2) is 0 Å². The molecule has 2 aromatic heterocycles. The Bertz CT molecular complexity index is 477. The molecule has 0 atom stereocenters. The van der Waals surface area contributed by atoms with Crippen LogP contribution in [0.2, 0.25) is 0 Å². The molecule has 1 N–H and O–H groups in total. The fourth-order valence-electron chi connectivity index (χ4n) is 1.49. The molecule has 2 rings (SSSR count). The Balaban J connectivity index is 2.19. The fraction of sp³-hybridized carbons (Fsp3) is 0.385. The highest BCUT2D eigenvalue weighted by molar-refractivity contribution is 7.15. The first-order valence-corrected chi connectivity index (χ1v) is 6.59. The van der Waals surface area contributed by atoms with Gasteiger partial charge in [-0.3, -0.25) is 4.98 Å². The first-order valence-electron chi connectivity index (χ1n) is 5.78. The second kappa shape index (κ2) is 5.38. The van der Waals surface area contributed by atoms with Crippen LogP contribution < -0.4 is 5.32 Å². The number of hydrogen-bond donors (Lipinski definition) is 1. The zero-order chi connectivity index (χ0) is 12.3. The SMILES string of the molecule is Cc1nc(-c2ccccn2)sc1CNC(C)C. The molecule has 0 saturated heterocycles. The average molecular weight is 247 g/mol. The molecule has 2 heterocycles. The van der Waals surface area contributed by atoms with E-state index in [-0.39, 0.29) is 0 Å². The Morgan fingerprint density at radius 2 is 2.18 bits per heavy atom. The molecule has 0 bridgehead atoms. The smallest absolute Gasteiger partial charge is 0.142 e. The summed E-state index contributed by atoms with van der Waals surface area (Å²) in [4.78, 5) is 10.2. The van der Waals surface area contributed by atoms with E-state index in [1.54, 1.807) is 17.5 Å². The van der Waals surface area contributed by atoms with Gasteiger partial charge >= 0.3 is 0 Å². The molecule has 3 nitrogen and oxygen atoms in total. The standard InChI is InChI=1S/C13H17N3S/c1-9(2)15-8-12-10(3)16-13(17-12)11-6-4-5-7-14-11/h4-7,9,15H,8H2,1-3H3. The lowest BCUT2D eigenvalue weighted by Crippen LogP contribution is -2.21. The molecule has 0 aliphatic heterocycles. The number of pyridine rings is 1. The van der Waals surface area contributed by atoms with Crippen LogP contribution >= 0.6 is 11.3 Å². The van der Waals surface area contributed by atoms with Gasteiger partial charge in [-0.05, 0) is 19.1 Å². The van der Waals surface area contributed by atoms with E-state index < -0.39 is 0 Å². The summed E-state index contributed by atoms with van der Waals surface area (Å²) in [5, 5.41) is 4.42. The van der Waals surface area contributed by atoms with Crippen molar-refractivity contribution in [1.29, 1.82) is 0 Å². The molecule has 17 heavy (non-hydrogen) atoms. The van der Waals surface area contributed by atoms with E-state index in [1.807, 2.05) is 18.2 Å². The minimum Gasteiger partial charge on any atom is -0.310 e. The summed E-state index contributed by atoms with van der Waals surface area (Å²) in [5.74, 6) is 0. The van der Waals surface area contributed by atoms with Gasteiger partial charge in [0.25, 0.3) is 0 Å². The summed E-state index contributed by atoms with van der Waals surface area (Å²) in [7, 11) is 0. The van der Waals surface area contributed by atoms with Crippen molar-refractivity contribution in [2.75, 3.05) is 0 Å². The van der Waals surface area contributed by atoms with Crippen LogP contribution in [0.1, 0.15) is 24.4 Å². The van der Waals surface area contributed by atoms with Crippen LogP contribution in [-0.2, 0) is 6.54 Å². The average Bonchev–Trinajstić information content (AvgIpc) is 2.69. The second-order valence-corrected chi connectivity index (χ2v) is 5.36. The minimum absolute atomic E-state index is 0.495. The number of hydrogen-bond acceptors (Lipinski definition) is 4. The molecule has 0 amide bonds.